The van der Waals surface area contributed by atoms with E-state index in [1.54, 1.807) is 11.0 Å². The molecule has 0 unspecified atom stereocenters. The first-order chi connectivity index (χ1) is 9.66. The highest BCUT2D eigenvalue weighted by atomic mass is 79.9. The number of carbonyl (C=O) groups is 2. The van der Waals surface area contributed by atoms with Crippen LogP contribution in [-0.2, 0) is 0 Å². The number of benzene rings is 1. The number of nitrogens with zero attached hydrogens (tertiary/aromatic N) is 1. The summed E-state index contributed by atoms with van der Waals surface area (Å²) >= 11 is 4.86. The van der Waals surface area contributed by atoms with Gasteiger partial charge in [-0.15, -0.1) is 11.3 Å². The van der Waals surface area contributed by atoms with Crippen LogP contribution in [0.5, 0.6) is 0 Å². The van der Waals surface area contributed by atoms with Gasteiger partial charge in [0.1, 0.15) is 0 Å². The van der Waals surface area contributed by atoms with E-state index in [-0.39, 0.29) is 11.7 Å². The molecule has 1 aliphatic rings. The fourth-order valence-corrected chi connectivity index (χ4v) is 3.52. The van der Waals surface area contributed by atoms with E-state index in [1.165, 1.54) is 11.3 Å². The fraction of sp³-hybridized carbons (Fsp3) is 0.200. The van der Waals surface area contributed by atoms with Crippen LogP contribution in [0.4, 0.5) is 5.69 Å². The first kappa shape index (κ1) is 13.5. The predicted octanol–water partition coefficient (Wildman–Crippen LogP) is 4.13. The van der Waals surface area contributed by atoms with Crippen molar-refractivity contribution in [1.29, 1.82) is 0 Å². The van der Waals surface area contributed by atoms with Crippen LogP contribution in [0.2, 0.25) is 0 Å². The molecule has 1 amide bonds. The van der Waals surface area contributed by atoms with Crippen molar-refractivity contribution in [3.8, 4) is 0 Å². The molecule has 20 heavy (non-hydrogen) atoms. The zero-order chi connectivity index (χ0) is 14.1. The normalized spacial score (nSPS) is 14.8. The van der Waals surface area contributed by atoms with Crippen molar-refractivity contribution in [3.05, 3.63) is 50.6 Å². The molecule has 1 aliphatic heterocycles. The zero-order valence-electron chi connectivity index (χ0n) is 10.6. The van der Waals surface area contributed by atoms with E-state index in [4.69, 9.17) is 0 Å². The lowest BCUT2D eigenvalue weighted by Crippen LogP contribution is -2.31. The number of amides is 1. The van der Waals surface area contributed by atoms with Gasteiger partial charge in [0.05, 0.1) is 15.0 Å². The lowest BCUT2D eigenvalue weighted by molar-refractivity contribution is 0.0974. The summed E-state index contributed by atoms with van der Waals surface area (Å²) in [5, 5.41) is 1.84. The molecule has 0 radical (unpaired) electrons. The van der Waals surface area contributed by atoms with Gasteiger partial charge in [-0.05, 0) is 40.5 Å². The Balaban J connectivity index is 2.03. The van der Waals surface area contributed by atoms with Gasteiger partial charge in [-0.25, -0.2) is 0 Å². The van der Waals surface area contributed by atoms with E-state index in [2.05, 4.69) is 15.9 Å². The van der Waals surface area contributed by atoms with Crippen LogP contribution in [0, 0.1) is 0 Å². The lowest BCUT2D eigenvalue weighted by Gasteiger charge is -2.21. The Morgan fingerprint density at radius 2 is 2.10 bits per heavy atom. The largest absolute Gasteiger partial charge is 0.308 e. The third kappa shape index (κ3) is 2.43. The van der Waals surface area contributed by atoms with Gasteiger partial charge in [0, 0.05) is 23.9 Å². The van der Waals surface area contributed by atoms with Crippen LogP contribution in [0.1, 0.15) is 33.6 Å². The van der Waals surface area contributed by atoms with Crippen molar-refractivity contribution in [2.75, 3.05) is 11.4 Å². The highest BCUT2D eigenvalue weighted by Gasteiger charge is 2.25. The Morgan fingerprint density at radius 1 is 1.30 bits per heavy atom. The molecule has 0 bridgehead atoms. The number of hydrogen-bond donors (Lipinski definition) is 0. The lowest BCUT2D eigenvalue weighted by atomic mass is 10.1. The smallest absolute Gasteiger partial charge is 0.259 e. The Kier molecular flexibility index (Phi) is 3.72. The summed E-state index contributed by atoms with van der Waals surface area (Å²) in [6, 6.07) is 9.17. The van der Waals surface area contributed by atoms with Crippen LogP contribution >= 0.6 is 27.3 Å². The molecule has 0 spiro atoms. The van der Waals surface area contributed by atoms with E-state index in [1.807, 2.05) is 29.6 Å². The predicted molar refractivity (Wildman–Crippen MR) is 83.7 cm³/mol. The second kappa shape index (κ2) is 5.50. The Morgan fingerprint density at radius 3 is 2.85 bits per heavy atom. The number of hydrogen-bond acceptors (Lipinski definition) is 3. The molecule has 0 N–H and O–H groups in total. The van der Waals surface area contributed by atoms with Crippen molar-refractivity contribution >= 4 is 44.6 Å². The zero-order valence-corrected chi connectivity index (χ0v) is 13.0. The van der Waals surface area contributed by atoms with Gasteiger partial charge in [-0.3, -0.25) is 9.59 Å². The molecule has 3 rings (SSSR count). The first-order valence-corrected chi connectivity index (χ1v) is 8.02. The van der Waals surface area contributed by atoms with Gasteiger partial charge in [-0.1, -0.05) is 12.1 Å². The van der Waals surface area contributed by atoms with Crippen molar-refractivity contribution in [1.82, 2.24) is 0 Å². The number of halogens is 1. The molecule has 0 fully saturated rings. The quantitative estimate of drug-likeness (QED) is 0.775. The van der Waals surface area contributed by atoms with E-state index < -0.39 is 0 Å². The van der Waals surface area contributed by atoms with E-state index in [9.17, 15) is 9.59 Å². The average Bonchev–Trinajstić information content (AvgIpc) is 2.82. The summed E-state index contributed by atoms with van der Waals surface area (Å²) in [7, 11) is 0. The van der Waals surface area contributed by atoms with Crippen LogP contribution in [0.15, 0.2) is 39.5 Å². The number of thiophene rings is 1. The highest BCUT2D eigenvalue weighted by Crippen LogP contribution is 2.29. The van der Waals surface area contributed by atoms with Gasteiger partial charge in [-0.2, -0.15) is 0 Å². The van der Waals surface area contributed by atoms with Gasteiger partial charge in [0.25, 0.3) is 5.91 Å². The SMILES string of the molecule is O=C1CCCN(C(=O)c2csc(Br)c2)c2ccccc21. The number of ketones is 1. The first-order valence-electron chi connectivity index (χ1n) is 6.35. The van der Waals surface area contributed by atoms with Gasteiger partial charge in [0.15, 0.2) is 5.78 Å². The minimum Gasteiger partial charge on any atom is -0.308 e. The average molecular weight is 350 g/mol. The summed E-state index contributed by atoms with van der Waals surface area (Å²) in [4.78, 5) is 26.4. The minimum absolute atomic E-state index is 0.0471. The van der Waals surface area contributed by atoms with Crippen molar-refractivity contribution in [2.24, 2.45) is 0 Å². The topological polar surface area (TPSA) is 37.4 Å². The van der Waals surface area contributed by atoms with Crippen LogP contribution < -0.4 is 4.90 Å². The van der Waals surface area contributed by atoms with Crippen LogP contribution in [0.25, 0.3) is 0 Å². The summed E-state index contributed by atoms with van der Waals surface area (Å²) < 4.78 is 0.931. The number of anilines is 1. The van der Waals surface area contributed by atoms with Crippen LogP contribution in [0.3, 0.4) is 0 Å². The van der Waals surface area contributed by atoms with Crippen molar-refractivity contribution < 1.29 is 9.59 Å². The number of Topliss-reactive ketones (excluding diaryl/α,β-unsaturated/α-hetero) is 1. The van der Waals surface area contributed by atoms with E-state index in [0.717, 1.165) is 9.47 Å². The Hall–Kier alpha value is -1.46. The van der Waals surface area contributed by atoms with Crippen molar-refractivity contribution in [2.45, 2.75) is 12.8 Å². The standard InChI is InChI=1S/C15H12BrNO2S/c16-14-8-10(9-20-14)15(19)17-7-3-6-13(18)11-4-1-2-5-12(11)17/h1-2,4-5,8-9H,3,6-7H2. The summed E-state index contributed by atoms with van der Waals surface area (Å²) in [5.74, 6) is 0.0662. The molecule has 2 heterocycles. The number of fused-ring (bicyclic) bond motifs is 1. The molecule has 2 aromatic rings. The molecule has 0 aliphatic carbocycles. The number of carbonyl (C=O) groups excluding carboxylic acids is 2. The number of para-hydroxylation sites is 1. The van der Waals surface area contributed by atoms with Crippen LogP contribution in [-0.4, -0.2) is 18.2 Å². The molecule has 0 saturated heterocycles. The second-order valence-corrected chi connectivity index (χ2v) is 6.93. The van der Waals surface area contributed by atoms with Crippen molar-refractivity contribution in [3.63, 3.8) is 0 Å². The van der Waals surface area contributed by atoms with Gasteiger partial charge >= 0.3 is 0 Å². The molecular weight excluding hydrogens is 338 g/mol. The molecule has 102 valence electrons. The summed E-state index contributed by atoms with van der Waals surface area (Å²) in [5.41, 5.74) is 2.03. The molecule has 0 atom stereocenters. The van der Waals surface area contributed by atoms with Gasteiger partial charge < -0.3 is 4.90 Å². The molecule has 5 heteroatoms. The fourth-order valence-electron chi connectivity index (χ4n) is 2.39. The Labute approximate surface area is 129 Å². The Bertz CT molecular complexity index is 680. The molecule has 0 saturated carbocycles. The third-order valence-corrected chi connectivity index (χ3v) is 4.84. The third-order valence-electron chi connectivity index (χ3n) is 3.34. The molecule has 1 aromatic carbocycles. The summed E-state index contributed by atoms with van der Waals surface area (Å²) in [6.07, 6.45) is 1.19. The molecule has 3 nitrogen and oxygen atoms in total. The molecule has 1 aromatic heterocycles. The number of rotatable bonds is 1. The monoisotopic (exact) mass is 349 g/mol. The maximum atomic E-state index is 12.6. The molecular formula is C15H12BrNO2S. The highest BCUT2D eigenvalue weighted by molar-refractivity contribution is 9.11. The minimum atomic E-state index is -0.0471. The maximum absolute atomic E-state index is 12.6. The van der Waals surface area contributed by atoms with Gasteiger partial charge in [0.2, 0.25) is 0 Å². The second-order valence-electron chi connectivity index (χ2n) is 4.64. The van der Waals surface area contributed by atoms with E-state index in [0.29, 0.717) is 30.5 Å². The summed E-state index contributed by atoms with van der Waals surface area (Å²) in [6.45, 7) is 0.578. The maximum Gasteiger partial charge on any atom is 0.259 e. The van der Waals surface area contributed by atoms with E-state index >= 15 is 0 Å².